The van der Waals surface area contributed by atoms with E-state index in [1.807, 2.05) is 24.4 Å². The normalized spacial score (nSPS) is 19.4. The molecule has 1 aliphatic rings. The van der Waals surface area contributed by atoms with Gasteiger partial charge >= 0.3 is 0 Å². The maximum atomic E-state index is 12.3. The van der Waals surface area contributed by atoms with Gasteiger partial charge in [-0.05, 0) is 30.5 Å². The minimum Gasteiger partial charge on any atom is -0.379 e. The van der Waals surface area contributed by atoms with Gasteiger partial charge in [0.05, 0.1) is 24.8 Å². The van der Waals surface area contributed by atoms with Gasteiger partial charge in [-0.2, -0.15) is 5.10 Å². The summed E-state index contributed by atoms with van der Waals surface area (Å²) >= 11 is 0. The van der Waals surface area contributed by atoms with E-state index in [2.05, 4.69) is 32.5 Å². The third kappa shape index (κ3) is 4.31. The molecule has 7 nitrogen and oxygen atoms in total. The first-order valence-electron chi connectivity index (χ1n) is 9.32. The second-order valence-electron chi connectivity index (χ2n) is 6.93. The van der Waals surface area contributed by atoms with Gasteiger partial charge in [0.25, 0.3) is 0 Å². The molecule has 1 N–H and O–H groups in total. The first-order chi connectivity index (χ1) is 13.3. The number of hydrogen-bond acceptors (Lipinski definition) is 5. The highest BCUT2D eigenvalue weighted by Crippen LogP contribution is 2.24. The monoisotopic (exact) mass is 365 g/mol. The molecule has 0 bridgehead atoms. The van der Waals surface area contributed by atoms with E-state index in [0.29, 0.717) is 26.2 Å². The maximum absolute atomic E-state index is 12.3. The number of carbonyl (C=O) groups excluding carboxylic acids is 1. The van der Waals surface area contributed by atoms with Gasteiger partial charge in [-0.15, -0.1) is 0 Å². The number of nitrogens with zero attached hydrogens (tertiary/aromatic N) is 4. The Hall–Kier alpha value is -2.80. The minimum absolute atomic E-state index is 0.0517. The molecular formula is C20H23N5O2. The second kappa shape index (κ2) is 8.26. The molecule has 3 heterocycles. The summed E-state index contributed by atoms with van der Waals surface area (Å²) in [6, 6.07) is 10.3. The highest BCUT2D eigenvalue weighted by molar-refractivity contribution is 5.81. The van der Waals surface area contributed by atoms with Gasteiger partial charge in [-0.3, -0.25) is 14.5 Å². The summed E-state index contributed by atoms with van der Waals surface area (Å²) in [5, 5.41) is 8.37. The van der Waals surface area contributed by atoms with Gasteiger partial charge in [-0.1, -0.05) is 18.2 Å². The maximum Gasteiger partial charge on any atom is 0.220 e. The number of fused-ring (bicyclic) bond motifs is 1. The zero-order valence-electron chi connectivity index (χ0n) is 15.1. The average molecular weight is 365 g/mol. The molecular weight excluding hydrogens is 342 g/mol. The molecule has 2 atom stereocenters. The average Bonchev–Trinajstić information content (AvgIpc) is 3.35. The van der Waals surface area contributed by atoms with Gasteiger partial charge < -0.3 is 10.1 Å². The molecule has 3 aromatic rings. The van der Waals surface area contributed by atoms with Gasteiger partial charge in [0.15, 0.2) is 0 Å². The van der Waals surface area contributed by atoms with Crippen LogP contribution in [0.1, 0.15) is 18.4 Å². The zero-order chi connectivity index (χ0) is 18.5. The topological polar surface area (TPSA) is 81.9 Å². The molecule has 0 unspecified atom stereocenters. The number of rotatable bonds is 7. The van der Waals surface area contributed by atoms with Gasteiger partial charge in [0, 0.05) is 30.5 Å². The molecule has 0 saturated carbocycles. The van der Waals surface area contributed by atoms with Crippen LogP contribution in [0.4, 0.5) is 0 Å². The largest absolute Gasteiger partial charge is 0.379 e. The fourth-order valence-electron chi connectivity index (χ4n) is 3.60. The predicted molar refractivity (Wildman–Crippen MR) is 101 cm³/mol. The van der Waals surface area contributed by atoms with E-state index in [0.717, 1.165) is 18.4 Å². The number of aromatic nitrogens is 4. The Balaban J connectivity index is 1.34. The molecule has 7 heteroatoms. The number of benzene rings is 1. The number of amides is 1. The van der Waals surface area contributed by atoms with Crippen LogP contribution in [-0.4, -0.2) is 44.9 Å². The van der Waals surface area contributed by atoms with Crippen LogP contribution in [-0.2, 0) is 22.5 Å². The van der Waals surface area contributed by atoms with E-state index in [1.165, 1.54) is 17.3 Å². The predicted octanol–water partition coefficient (Wildman–Crippen LogP) is 1.98. The first-order valence-corrected chi connectivity index (χ1v) is 9.32. The lowest BCUT2D eigenvalue weighted by atomic mass is 9.93. The molecule has 0 spiro atoms. The van der Waals surface area contributed by atoms with Crippen molar-refractivity contribution < 1.29 is 9.53 Å². The van der Waals surface area contributed by atoms with Crippen LogP contribution in [0.2, 0.25) is 0 Å². The lowest BCUT2D eigenvalue weighted by Gasteiger charge is -2.20. The van der Waals surface area contributed by atoms with Crippen LogP contribution >= 0.6 is 0 Å². The molecule has 4 rings (SSSR count). The van der Waals surface area contributed by atoms with Crippen LogP contribution in [0.15, 0.2) is 49.2 Å². The van der Waals surface area contributed by atoms with Crippen molar-refractivity contribution in [3.63, 3.8) is 0 Å². The number of nitrogens with one attached hydrogen (secondary N) is 1. The van der Waals surface area contributed by atoms with E-state index in [4.69, 9.17) is 4.74 Å². The number of aryl methyl sites for hydroxylation is 1. The molecule has 1 saturated heterocycles. The second-order valence-corrected chi connectivity index (χ2v) is 6.93. The molecule has 0 radical (unpaired) electrons. The summed E-state index contributed by atoms with van der Waals surface area (Å²) in [6.45, 7) is 1.93. The molecule has 1 fully saturated rings. The summed E-state index contributed by atoms with van der Waals surface area (Å²) in [7, 11) is 0. The highest BCUT2D eigenvalue weighted by atomic mass is 16.5. The zero-order valence-corrected chi connectivity index (χ0v) is 15.1. The number of para-hydroxylation sites is 1. The molecule has 1 aliphatic heterocycles. The molecule has 1 amide bonds. The SMILES string of the molecule is O=C(CCCn1cncn1)N[C@H]1COC[C@H]1Cc1ccnc2ccccc12. The van der Waals surface area contributed by atoms with Crippen molar-refractivity contribution in [3.8, 4) is 0 Å². The lowest BCUT2D eigenvalue weighted by Crippen LogP contribution is -2.40. The number of carbonyl (C=O) groups is 1. The van der Waals surface area contributed by atoms with Crippen LogP contribution in [0.3, 0.4) is 0 Å². The van der Waals surface area contributed by atoms with Gasteiger partial charge in [0.2, 0.25) is 5.91 Å². The Morgan fingerprint density at radius 2 is 2.19 bits per heavy atom. The molecule has 2 aromatic heterocycles. The van der Waals surface area contributed by atoms with Crippen LogP contribution in [0, 0.1) is 5.92 Å². The van der Waals surface area contributed by atoms with E-state index in [9.17, 15) is 4.79 Å². The summed E-state index contributed by atoms with van der Waals surface area (Å²) in [5.74, 6) is 0.338. The van der Waals surface area contributed by atoms with Crippen LogP contribution < -0.4 is 5.32 Å². The quantitative estimate of drug-likeness (QED) is 0.692. The summed E-state index contributed by atoms with van der Waals surface area (Å²) < 4.78 is 7.40. The van der Waals surface area contributed by atoms with Crippen LogP contribution in [0.5, 0.6) is 0 Å². The van der Waals surface area contributed by atoms with E-state index in [-0.39, 0.29) is 17.9 Å². The fourth-order valence-corrected chi connectivity index (χ4v) is 3.60. The number of pyridine rings is 1. The Kier molecular flexibility index (Phi) is 5.39. The van der Waals surface area contributed by atoms with Gasteiger partial charge in [0.1, 0.15) is 12.7 Å². The molecule has 1 aromatic carbocycles. The Labute approximate surface area is 157 Å². The highest BCUT2D eigenvalue weighted by Gasteiger charge is 2.29. The minimum atomic E-state index is 0.0517. The Morgan fingerprint density at radius 3 is 3.07 bits per heavy atom. The standard InChI is InChI=1S/C20H23N5O2/c26-20(6-3-9-25-14-21-13-23-25)24-19-12-27-11-16(19)10-15-7-8-22-18-5-2-1-4-17(15)18/h1-2,4-5,7-8,13-14,16,19H,3,6,9-12H2,(H,24,26)/t16-,19+/m1/s1. The van der Waals surface area contributed by atoms with Crippen molar-refractivity contribution in [1.29, 1.82) is 0 Å². The van der Waals surface area contributed by atoms with Gasteiger partial charge in [-0.25, -0.2) is 4.98 Å². The van der Waals surface area contributed by atoms with E-state index in [1.54, 1.807) is 11.0 Å². The molecule has 27 heavy (non-hydrogen) atoms. The Morgan fingerprint density at radius 1 is 1.26 bits per heavy atom. The van der Waals surface area contributed by atoms with Crippen molar-refractivity contribution in [3.05, 3.63) is 54.7 Å². The molecule has 0 aliphatic carbocycles. The number of ether oxygens (including phenoxy) is 1. The van der Waals surface area contributed by atoms with Crippen molar-refractivity contribution in [2.24, 2.45) is 5.92 Å². The lowest BCUT2D eigenvalue weighted by molar-refractivity contribution is -0.122. The fraction of sp³-hybridized carbons (Fsp3) is 0.400. The van der Waals surface area contributed by atoms with E-state index < -0.39 is 0 Å². The van der Waals surface area contributed by atoms with Crippen molar-refractivity contribution in [2.45, 2.75) is 31.8 Å². The van der Waals surface area contributed by atoms with Crippen molar-refractivity contribution in [2.75, 3.05) is 13.2 Å². The van der Waals surface area contributed by atoms with Crippen LogP contribution in [0.25, 0.3) is 10.9 Å². The smallest absolute Gasteiger partial charge is 0.220 e. The van der Waals surface area contributed by atoms with Crippen molar-refractivity contribution in [1.82, 2.24) is 25.1 Å². The third-order valence-electron chi connectivity index (χ3n) is 5.02. The Bertz CT molecular complexity index is 891. The number of hydrogen-bond donors (Lipinski definition) is 1. The summed E-state index contributed by atoms with van der Waals surface area (Å²) in [4.78, 5) is 20.6. The molecule has 140 valence electrons. The van der Waals surface area contributed by atoms with Crippen molar-refractivity contribution >= 4 is 16.8 Å². The summed E-state index contributed by atoms with van der Waals surface area (Å²) in [5.41, 5.74) is 2.25. The third-order valence-corrected chi connectivity index (χ3v) is 5.02. The van der Waals surface area contributed by atoms with E-state index >= 15 is 0 Å². The summed E-state index contributed by atoms with van der Waals surface area (Å²) in [6.07, 6.45) is 7.10. The first kappa shape index (κ1) is 17.6.